The van der Waals surface area contributed by atoms with E-state index in [-0.39, 0.29) is 16.0 Å². The average molecular weight is 342 g/mol. The zero-order valence-corrected chi connectivity index (χ0v) is 12.3. The average Bonchev–Trinajstić information content (AvgIpc) is 2.19. The Kier molecular flexibility index (Phi) is 4.57. The van der Waals surface area contributed by atoms with Gasteiger partial charge in [-0.3, -0.25) is 0 Å². The van der Waals surface area contributed by atoms with E-state index in [1.807, 2.05) is 0 Å². The number of halogens is 2. The number of ether oxygens (including phenoxy) is 1. The molecule has 0 aliphatic heterocycles. The van der Waals surface area contributed by atoms with Crippen LogP contribution in [0.5, 0.6) is 0 Å². The van der Waals surface area contributed by atoms with Gasteiger partial charge in [0.2, 0.25) is 0 Å². The van der Waals surface area contributed by atoms with E-state index in [1.165, 1.54) is 12.1 Å². The van der Waals surface area contributed by atoms with Crippen molar-refractivity contribution in [3.8, 4) is 0 Å². The lowest BCUT2D eigenvalue weighted by Crippen LogP contribution is -2.08. The fourth-order valence-corrected chi connectivity index (χ4v) is 3.53. The Balaban J connectivity index is 3.33. The fourth-order valence-electron chi connectivity index (χ4n) is 1.27. The molecule has 4 nitrogen and oxygen atoms in total. The van der Waals surface area contributed by atoms with Gasteiger partial charge in [0.15, 0.2) is 0 Å². The molecular weight excluding hydrogens is 332 g/mol. The Morgan fingerprint density at radius 3 is 2.53 bits per heavy atom. The van der Waals surface area contributed by atoms with E-state index in [1.54, 1.807) is 13.8 Å². The number of rotatable bonds is 3. The van der Waals surface area contributed by atoms with E-state index < -0.39 is 15.0 Å². The standard InChI is InChI=1S/C10H10BrClO4S/c1-3-16-10(13)7-5-8(11)9(4-6(7)2)17(12,14)15/h4-5H,3H2,1-2H3. The lowest BCUT2D eigenvalue weighted by molar-refractivity contribution is 0.0525. The van der Waals surface area contributed by atoms with Gasteiger partial charge in [0.25, 0.3) is 9.05 Å². The fraction of sp³-hybridized carbons (Fsp3) is 0.300. The second-order valence-corrected chi connectivity index (χ2v) is 6.64. The van der Waals surface area contributed by atoms with Crippen LogP contribution >= 0.6 is 26.6 Å². The first-order valence-corrected chi connectivity index (χ1v) is 7.79. The third-order valence-corrected chi connectivity index (χ3v) is 4.32. The first kappa shape index (κ1) is 14.5. The first-order valence-electron chi connectivity index (χ1n) is 4.69. The summed E-state index contributed by atoms with van der Waals surface area (Å²) in [6.45, 7) is 3.57. The molecule has 0 saturated carbocycles. The van der Waals surface area contributed by atoms with E-state index in [9.17, 15) is 13.2 Å². The molecule has 1 rings (SSSR count). The Bertz CT molecular complexity index is 554. The molecule has 17 heavy (non-hydrogen) atoms. The molecule has 0 radical (unpaired) electrons. The maximum absolute atomic E-state index is 11.6. The normalized spacial score (nSPS) is 11.3. The van der Waals surface area contributed by atoms with Crippen LogP contribution in [0, 0.1) is 6.92 Å². The molecule has 0 fully saturated rings. The molecule has 0 aromatic heterocycles. The largest absolute Gasteiger partial charge is 0.462 e. The lowest BCUT2D eigenvalue weighted by Gasteiger charge is -2.08. The zero-order valence-electron chi connectivity index (χ0n) is 9.16. The maximum Gasteiger partial charge on any atom is 0.338 e. The minimum atomic E-state index is -3.84. The van der Waals surface area contributed by atoms with Crippen LogP contribution < -0.4 is 0 Å². The van der Waals surface area contributed by atoms with Crippen LogP contribution in [0.3, 0.4) is 0 Å². The van der Waals surface area contributed by atoms with Crippen LogP contribution in [0.15, 0.2) is 21.5 Å². The van der Waals surface area contributed by atoms with Crippen LogP contribution in [0.1, 0.15) is 22.8 Å². The summed E-state index contributed by atoms with van der Waals surface area (Å²) in [6, 6.07) is 2.72. The van der Waals surface area contributed by atoms with E-state index in [0.717, 1.165) is 0 Å². The van der Waals surface area contributed by atoms with Crippen molar-refractivity contribution in [2.75, 3.05) is 6.61 Å². The Labute approximate surface area is 112 Å². The molecule has 94 valence electrons. The van der Waals surface area contributed by atoms with Gasteiger partial charge < -0.3 is 4.74 Å². The first-order chi connectivity index (χ1) is 7.77. The molecular formula is C10H10BrClO4S. The van der Waals surface area contributed by atoms with Gasteiger partial charge in [-0.2, -0.15) is 0 Å². The van der Waals surface area contributed by atoms with Crippen molar-refractivity contribution in [3.63, 3.8) is 0 Å². The molecule has 1 aromatic rings. The summed E-state index contributed by atoms with van der Waals surface area (Å²) in [5, 5.41) is 0. The molecule has 0 aliphatic rings. The minimum absolute atomic E-state index is 0.0651. The van der Waals surface area contributed by atoms with Crippen LogP contribution in [-0.2, 0) is 13.8 Å². The number of hydrogen-bond donors (Lipinski definition) is 0. The van der Waals surface area contributed by atoms with Crippen molar-refractivity contribution in [1.82, 2.24) is 0 Å². The summed E-state index contributed by atoms with van der Waals surface area (Å²) in [4.78, 5) is 11.5. The van der Waals surface area contributed by atoms with Gasteiger partial charge in [-0.25, -0.2) is 13.2 Å². The van der Waals surface area contributed by atoms with Crippen molar-refractivity contribution in [1.29, 1.82) is 0 Å². The predicted molar refractivity (Wildman–Crippen MR) is 67.9 cm³/mol. The highest BCUT2D eigenvalue weighted by molar-refractivity contribution is 9.10. The zero-order chi connectivity index (χ0) is 13.2. The number of esters is 1. The maximum atomic E-state index is 11.6. The van der Waals surface area contributed by atoms with Gasteiger partial charge >= 0.3 is 5.97 Å². The second kappa shape index (κ2) is 5.37. The Morgan fingerprint density at radius 2 is 2.06 bits per heavy atom. The van der Waals surface area contributed by atoms with Crippen LogP contribution in [0.4, 0.5) is 0 Å². The van der Waals surface area contributed by atoms with Crippen molar-refractivity contribution in [2.45, 2.75) is 18.7 Å². The Morgan fingerprint density at radius 1 is 1.47 bits per heavy atom. The van der Waals surface area contributed by atoms with Gasteiger partial charge in [0.1, 0.15) is 0 Å². The summed E-state index contributed by atoms with van der Waals surface area (Å²) < 4.78 is 27.5. The van der Waals surface area contributed by atoms with Gasteiger partial charge in [0.05, 0.1) is 17.1 Å². The van der Waals surface area contributed by atoms with Gasteiger partial charge in [0, 0.05) is 15.2 Å². The summed E-state index contributed by atoms with van der Waals surface area (Å²) in [5.41, 5.74) is 0.800. The third-order valence-electron chi connectivity index (χ3n) is 2.04. The number of hydrogen-bond acceptors (Lipinski definition) is 4. The highest BCUT2D eigenvalue weighted by Crippen LogP contribution is 2.28. The smallest absolute Gasteiger partial charge is 0.338 e. The van der Waals surface area contributed by atoms with Crippen molar-refractivity contribution < 1.29 is 17.9 Å². The van der Waals surface area contributed by atoms with E-state index in [2.05, 4.69) is 15.9 Å². The molecule has 0 amide bonds. The van der Waals surface area contributed by atoms with Gasteiger partial charge in [-0.1, -0.05) is 0 Å². The highest BCUT2D eigenvalue weighted by Gasteiger charge is 2.19. The summed E-state index contributed by atoms with van der Waals surface area (Å²) in [5.74, 6) is -0.496. The van der Waals surface area contributed by atoms with Crippen molar-refractivity contribution in [2.24, 2.45) is 0 Å². The molecule has 0 heterocycles. The molecule has 1 aromatic carbocycles. The topological polar surface area (TPSA) is 60.4 Å². The van der Waals surface area contributed by atoms with Gasteiger partial charge in [-0.05, 0) is 47.5 Å². The Hall–Kier alpha value is -0.590. The quantitative estimate of drug-likeness (QED) is 0.626. The summed E-state index contributed by atoms with van der Waals surface area (Å²) in [7, 11) is 1.42. The molecule has 0 spiro atoms. The van der Waals surface area contributed by atoms with E-state index >= 15 is 0 Å². The number of carbonyl (C=O) groups is 1. The number of carbonyl (C=O) groups excluding carboxylic acids is 1. The van der Waals surface area contributed by atoms with Crippen LogP contribution in [-0.4, -0.2) is 21.0 Å². The van der Waals surface area contributed by atoms with E-state index in [4.69, 9.17) is 15.4 Å². The molecule has 0 saturated heterocycles. The molecule has 0 unspecified atom stereocenters. The predicted octanol–water partition coefficient (Wildman–Crippen LogP) is 2.86. The molecule has 0 bridgehead atoms. The summed E-state index contributed by atoms with van der Waals surface area (Å²) in [6.07, 6.45) is 0. The molecule has 7 heteroatoms. The number of benzene rings is 1. The monoisotopic (exact) mass is 340 g/mol. The molecule has 0 atom stereocenters. The molecule has 0 aliphatic carbocycles. The van der Waals surface area contributed by atoms with Crippen LogP contribution in [0.25, 0.3) is 0 Å². The van der Waals surface area contributed by atoms with Crippen molar-refractivity contribution >= 4 is 41.6 Å². The van der Waals surface area contributed by atoms with Gasteiger partial charge in [-0.15, -0.1) is 0 Å². The van der Waals surface area contributed by atoms with Crippen molar-refractivity contribution in [3.05, 3.63) is 27.7 Å². The van der Waals surface area contributed by atoms with E-state index in [0.29, 0.717) is 11.1 Å². The minimum Gasteiger partial charge on any atom is -0.462 e. The highest BCUT2D eigenvalue weighted by atomic mass is 79.9. The SMILES string of the molecule is CCOC(=O)c1cc(Br)c(S(=O)(=O)Cl)cc1C. The second-order valence-electron chi connectivity index (χ2n) is 3.26. The lowest BCUT2D eigenvalue weighted by atomic mass is 10.1. The summed E-state index contributed by atoms with van der Waals surface area (Å²) >= 11 is 3.07. The number of aryl methyl sites for hydroxylation is 1. The molecule has 0 N–H and O–H groups in total. The third kappa shape index (κ3) is 3.43. The van der Waals surface area contributed by atoms with Crippen LogP contribution in [0.2, 0.25) is 0 Å².